The van der Waals surface area contributed by atoms with E-state index in [0.717, 1.165) is 63.1 Å². The third-order valence-corrected chi connectivity index (χ3v) is 7.26. The molecule has 0 bridgehead atoms. The topological polar surface area (TPSA) is 49.3 Å². The van der Waals surface area contributed by atoms with Crippen molar-refractivity contribution in [3.05, 3.63) is 23.3 Å². The number of hydrogen-bond acceptors (Lipinski definition) is 4. The van der Waals surface area contributed by atoms with Crippen LogP contribution >= 0.6 is 0 Å². The number of rotatable bonds is 2. The zero-order valence-electron chi connectivity index (χ0n) is 15.9. The van der Waals surface area contributed by atoms with Crippen molar-refractivity contribution in [1.29, 1.82) is 0 Å². The number of carbonyl (C=O) groups excluding carboxylic acids is 1. The lowest BCUT2D eigenvalue weighted by atomic mass is 9.95. The van der Waals surface area contributed by atoms with Gasteiger partial charge in [0, 0.05) is 61.9 Å². The van der Waals surface area contributed by atoms with Crippen LogP contribution in [0.3, 0.4) is 0 Å². The van der Waals surface area contributed by atoms with E-state index in [0.29, 0.717) is 17.7 Å². The van der Waals surface area contributed by atoms with Gasteiger partial charge in [0.1, 0.15) is 5.82 Å². The second kappa shape index (κ2) is 6.59. The molecule has 0 radical (unpaired) electrons. The molecule has 140 valence electrons. The number of aromatic nitrogens is 2. The van der Waals surface area contributed by atoms with Crippen molar-refractivity contribution >= 4 is 5.91 Å². The van der Waals surface area contributed by atoms with Gasteiger partial charge in [0.2, 0.25) is 5.91 Å². The fraction of sp³-hybridized carbons (Fsp3) is 0.762. The smallest absolute Gasteiger partial charge is 0.226 e. The van der Waals surface area contributed by atoms with E-state index in [9.17, 15) is 4.79 Å². The first-order valence-electron chi connectivity index (χ1n) is 10.5. The molecule has 4 aliphatic rings. The van der Waals surface area contributed by atoms with Crippen molar-refractivity contribution in [2.45, 2.75) is 57.4 Å². The first-order valence-corrected chi connectivity index (χ1v) is 10.5. The fourth-order valence-electron chi connectivity index (χ4n) is 5.60. The number of carbonyl (C=O) groups is 1. The highest BCUT2D eigenvalue weighted by atomic mass is 16.2. The number of hydrogen-bond donors (Lipinski definition) is 0. The number of nitrogens with zero attached hydrogens (tertiary/aromatic N) is 4. The van der Waals surface area contributed by atoms with Crippen LogP contribution in [0.5, 0.6) is 0 Å². The molecule has 5 heteroatoms. The predicted octanol–water partition coefficient (Wildman–Crippen LogP) is 2.61. The summed E-state index contributed by atoms with van der Waals surface area (Å²) < 4.78 is 0. The first kappa shape index (κ1) is 16.7. The van der Waals surface area contributed by atoms with Crippen molar-refractivity contribution in [3.63, 3.8) is 0 Å². The zero-order valence-corrected chi connectivity index (χ0v) is 15.9. The van der Waals surface area contributed by atoms with E-state index in [1.807, 2.05) is 6.20 Å². The summed E-state index contributed by atoms with van der Waals surface area (Å²) in [6.07, 6.45) is 10.4. The second-order valence-electron chi connectivity index (χ2n) is 8.93. The highest BCUT2D eigenvalue weighted by Crippen LogP contribution is 2.56. The predicted molar refractivity (Wildman–Crippen MR) is 99.6 cm³/mol. The Bertz CT molecular complexity index is 685. The molecule has 26 heavy (non-hydrogen) atoms. The molecule has 0 spiro atoms. The summed E-state index contributed by atoms with van der Waals surface area (Å²) in [5.41, 5.74) is 2.53. The quantitative estimate of drug-likeness (QED) is 0.819. The molecule has 0 unspecified atom stereocenters. The highest BCUT2D eigenvalue weighted by molar-refractivity contribution is 5.82. The molecule has 3 heterocycles. The zero-order chi connectivity index (χ0) is 17.7. The number of amides is 1. The van der Waals surface area contributed by atoms with Gasteiger partial charge >= 0.3 is 0 Å². The van der Waals surface area contributed by atoms with Crippen LogP contribution in [-0.2, 0) is 17.8 Å². The van der Waals surface area contributed by atoms with Gasteiger partial charge in [-0.05, 0) is 44.6 Å². The van der Waals surface area contributed by atoms with Crippen molar-refractivity contribution in [1.82, 2.24) is 19.8 Å². The fourth-order valence-corrected chi connectivity index (χ4v) is 5.60. The van der Waals surface area contributed by atoms with Gasteiger partial charge in [-0.25, -0.2) is 9.97 Å². The molecule has 2 atom stereocenters. The van der Waals surface area contributed by atoms with E-state index in [2.05, 4.69) is 21.8 Å². The molecule has 0 N–H and O–H groups in total. The standard InChI is InChI=1S/C21H30N4O/c1-24-9-8-18-15(13-24)12-22-20(23-18)14-6-10-25(11-7-14)21(26)19-16-4-2-3-5-17(16)19/h12,14,16-17,19H,2-11,13H2,1H3/t16-,17-/m1/s1. The van der Waals surface area contributed by atoms with Gasteiger partial charge in [0.15, 0.2) is 0 Å². The molecule has 5 rings (SSSR count). The largest absolute Gasteiger partial charge is 0.342 e. The highest BCUT2D eigenvalue weighted by Gasteiger charge is 2.55. The molecule has 2 aliphatic heterocycles. The van der Waals surface area contributed by atoms with Crippen LogP contribution in [0.25, 0.3) is 0 Å². The summed E-state index contributed by atoms with van der Waals surface area (Å²) in [5, 5.41) is 0. The van der Waals surface area contributed by atoms with Crippen LogP contribution in [-0.4, -0.2) is 52.4 Å². The van der Waals surface area contributed by atoms with Gasteiger partial charge in [0.25, 0.3) is 0 Å². The van der Waals surface area contributed by atoms with E-state index in [4.69, 9.17) is 4.98 Å². The molecule has 2 saturated carbocycles. The average Bonchev–Trinajstić information content (AvgIpc) is 3.41. The molecule has 1 aromatic heterocycles. The van der Waals surface area contributed by atoms with E-state index >= 15 is 0 Å². The van der Waals surface area contributed by atoms with E-state index in [1.54, 1.807) is 0 Å². The lowest BCUT2D eigenvalue weighted by Crippen LogP contribution is -2.39. The lowest BCUT2D eigenvalue weighted by Gasteiger charge is -2.32. The van der Waals surface area contributed by atoms with Crippen molar-refractivity contribution in [2.75, 3.05) is 26.7 Å². The van der Waals surface area contributed by atoms with Crippen LogP contribution in [0.1, 0.15) is 61.5 Å². The van der Waals surface area contributed by atoms with E-state index in [1.165, 1.54) is 36.9 Å². The summed E-state index contributed by atoms with van der Waals surface area (Å²) in [6.45, 7) is 3.83. The Kier molecular flexibility index (Phi) is 4.23. The lowest BCUT2D eigenvalue weighted by molar-refractivity contribution is -0.134. The number of likely N-dealkylation sites (N-methyl/N-ethyl adjacent to an activating group) is 1. The minimum atomic E-state index is 0.367. The maximum absolute atomic E-state index is 12.9. The molecule has 1 saturated heterocycles. The van der Waals surface area contributed by atoms with E-state index < -0.39 is 0 Å². The van der Waals surface area contributed by atoms with Gasteiger partial charge < -0.3 is 9.80 Å². The molecular weight excluding hydrogens is 324 g/mol. The normalized spacial score (nSPS) is 32.0. The van der Waals surface area contributed by atoms with Crippen molar-refractivity contribution in [2.24, 2.45) is 17.8 Å². The Labute approximate surface area is 156 Å². The van der Waals surface area contributed by atoms with Crippen LogP contribution in [0.4, 0.5) is 0 Å². The van der Waals surface area contributed by atoms with Crippen LogP contribution in [0.2, 0.25) is 0 Å². The molecular formula is C21H30N4O. The summed E-state index contributed by atoms with van der Waals surface area (Å²) in [7, 11) is 2.15. The monoisotopic (exact) mass is 354 g/mol. The summed E-state index contributed by atoms with van der Waals surface area (Å²) in [6, 6.07) is 0. The minimum absolute atomic E-state index is 0.367. The van der Waals surface area contributed by atoms with E-state index in [-0.39, 0.29) is 0 Å². The third-order valence-electron chi connectivity index (χ3n) is 7.26. The summed E-state index contributed by atoms with van der Waals surface area (Å²) in [4.78, 5) is 26.9. The molecule has 1 amide bonds. The Morgan fingerprint density at radius 1 is 1.08 bits per heavy atom. The number of likely N-dealkylation sites (tertiary alicyclic amines) is 1. The Balaban J connectivity index is 1.20. The van der Waals surface area contributed by atoms with Crippen molar-refractivity contribution < 1.29 is 4.79 Å². The maximum Gasteiger partial charge on any atom is 0.226 e. The average molecular weight is 354 g/mol. The minimum Gasteiger partial charge on any atom is -0.342 e. The summed E-state index contributed by atoms with van der Waals surface area (Å²) in [5.74, 6) is 3.69. The van der Waals surface area contributed by atoms with Gasteiger partial charge in [-0.1, -0.05) is 12.8 Å². The molecule has 1 aromatic rings. The molecule has 5 nitrogen and oxygen atoms in total. The molecule has 0 aromatic carbocycles. The second-order valence-corrected chi connectivity index (χ2v) is 8.93. The Morgan fingerprint density at radius 3 is 2.54 bits per heavy atom. The van der Waals surface area contributed by atoms with Crippen molar-refractivity contribution in [3.8, 4) is 0 Å². The molecule has 3 fully saturated rings. The van der Waals surface area contributed by atoms with Gasteiger partial charge in [-0.2, -0.15) is 0 Å². The van der Waals surface area contributed by atoms with Gasteiger partial charge in [-0.3, -0.25) is 4.79 Å². The Morgan fingerprint density at radius 2 is 1.81 bits per heavy atom. The molecule has 2 aliphatic carbocycles. The third kappa shape index (κ3) is 2.94. The number of fused-ring (bicyclic) bond motifs is 2. The van der Waals surface area contributed by atoms with Crippen LogP contribution in [0, 0.1) is 17.8 Å². The first-order chi connectivity index (χ1) is 12.7. The Hall–Kier alpha value is -1.49. The summed E-state index contributed by atoms with van der Waals surface area (Å²) >= 11 is 0. The van der Waals surface area contributed by atoms with Crippen LogP contribution in [0.15, 0.2) is 6.20 Å². The van der Waals surface area contributed by atoms with Crippen LogP contribution < -0.4 is 0 Å². The maximum atomic E-state index is 12.9. The van der Waals surface area contributed by atoms with Gasteiger partial charge in [-0.15, -0.1) is 0 Å². The SMILES string of the molecule is CN1CCc2nc(C3CCN(C(=O)C4[C@@H]5CCCC[C@@H]45)CC3)ncc2C1. The number of piperidine rings is 1. The van der Waals surface area contributed by atoms with Gasteiger partial charge in [0.05, 0.1) is 0 Å².